The summed E-state index contributed by atoms with van der Waals surface area (Å²) < 4.78 is 5.61. The number of rotatable bonds is 3. The minimum atomic E-state index is 0.323. The van der Waals surface area contributed by atoms with E-state index >= 15 is 0 Å². The van der Waals surface area contributed by atoms with Gasteiger partial charge in [-0.25, -0.2) is 0 Å². The van der Waals surface area contributed by atoms with Gasteiger partial charge in [0.1, 0.15) is 0 Å². The van der Waals surface area contributed by atoms with E-state index < -0.39 is 0 Å². The molecule has 0 aromatic heterocycles. The molecule has 2 N–H and O–H groups in total. The first-order valence-corrected chi connectivity index (χ1v) is 8.12. The van der Waals surface area contributed by atoms with Crippen LogP contribution in [0.2, 0.25) is 0 Å². The largest absolute Gasteiger partial charge is 0.380 e. The Morgan fingerprint density at radius 1 is 1.00 bits per heavy atom. The fourth-order valence-electron chi connectivity index (χ4n) is 3.91. The summed E-state index contributed by atoms with van der Waals surface area (Å²) in [5, 5.41) is 0. The summed E-state index contributed by atoms with van der Waals surface area (Å²) in [5.41, 5.74) is 6.25. The fourth-order valence-corrected chi connectivity index (χ4v) is 3.91. The van der Waals surface area contributed by atoms with Gasteiger partial charge in [0.15, 0.2) is 0 Å². The SMILES string of the molecule is NC1CCOCC1N1CCC(CN2CCCC2)CC1. The van der Waals surface area contributed by atoms with Crippen LogP contribution in [0.25, 0.3) is 0 Å². The van der Waals surface area contributed by atoms with Gasteiger partial charge in [0, 0.05) is 25.2 Å². The summed E-state index contributed by atoms with van der Waals surface area (Å²) >= 11 is 0. The lowest BCUT2D eigenvalue weighted by Gasteiger charge is -2.42. The highest BCUT2D eigenvalue weighted by Crippen LogP contribution is 2.24. The van der Waals surface area contributed by atoms with Crippen LogP contribution in [0.1, 0.15) is 32.1 Å². The zero-order valence-corrected chi connectivity index (χ0v) is 12.1. The molecule has 0 aliphatic carbocycles. The summed E-state index contributed by atoms with van der Waals surface area (Å²) in [4.78, 5) is 5.25. The van der Waals surface area contributed by atoms with Crippen LogP contribution in [0.15, 0.2) is 0 Å². The lowest BCUT2D eigenvalue weighted by atomic mass is 9.93. The van der Waals surface area contributed by atoms with Crippen molar-refractivity contribution in [1.82, 2.24) is 9.80 Å². The second-order valence-electron chi connectivity index (χ2n) is 6.58. The number of piperidine rings is 1. The molecule has 4 heteroatoms. The maximum Gasteiger partial charge on any atom is 0.0636 e. The third kappa shape index (κ3) is 3.48. The third-order valence-corrected chi connectivity index (χ3v) is 5.21. The number of hydrogen-bond donors (Lipinski definition) is 1. The van der Waals surface area contributed by atoms with Crippen LogP contribution in [0.4, 0.5) is 0 Å². The van der Waals surface area contributed by atoms with Crippen molar-refractivity contribution in [2.45, 2.75) is 44.2 Å². The molecule has 0 spiro atoms. The van der Waals surface area contributed by atoms with Gasteiger partial charge in [-0.15, -0.1) is 0 Å². The van der Waals surface area contributed by atoms with Gasteiger partial charge in [0.25, 0.3) is 0 Å². The Hall–Kier alpha value is -0.160. The second kappa shape index (κ2) is 6.53. The predicted molar refractivity (Wildman–Crippen MR) is 77.2 cm³/mol. The molecule has 3 saturated heterocycles. The quantitative estimate of drug-likeness (QED) is 0.825. The highest BCUT2D eigenvalue weighted by atomic mass is 16.5. The van der Waals surface area contributed by atoms with Gasteiger partial charge in [0.05, 0.1) is 6.61 Å². The van der Waals surface area contributed by atoms with E-state index in [0.717, 1.165) is 25.6 Å². The van der Waals surface area contributed by atoms with E-state index in [0.29, 0.717) is 12.1 Å². The van der Waals surface area contributed by atoms with E-state index in [1.165, 1.54) is 58.4 Å². The standard InChI is InChI=1S/C15H29N3O/c16-14-5-10-19-12-15(14)18-8-3-13(4-9-18)11-17-6-1-2-7-17/h13-15H,1-12,16H2. The Morgan fingerprint density at radius 3 is 2.42 bits per heavy atom. The van der Waals surface area contributed by atoms with Crippen LogP contribution in [-0.2, 0) is 4.74 Å². The van der Waals surface area contributed by atoms with Gasteiger partial charge < -0.3 is 15.4 Å². The Kier molecular flexibility index (Phi) is 4.74. The summed E-state index contributed by atoms with van der Waals surface area (Å²) in [6.45, 7) is 8.14. The molecule has 0 aromatic rings. The highest BCUT2D eigenvalue weighted by Gasteiger charge is 2.31. The zero-order valence-electron chi connectivity index (χ0n) is 12.1. The number of nitrogens with two attached hydrogens (primary N) is 1. The first-order chi connectivity index (χ1) is 9.33. The Balaban J connectivity index is 1.43. The highest BCUT2D eigenvalue weighted by molar-refractivity contribution is 4.88. The first-order valence-electron chi connectivity index (χ1n) is 8.12. The van der Waals surface area contributed by atoms with Gasteiger partial charge in [-0.1, -0.05) is 0 Å². The maximum atomic E-state index is 6.25. The lowest BCUT2D eigenvalue weighted by molar-refractivity contribution is -0.00801. The molecule has 0 radical (unpaired) electrons. The van der Waals surface area contributed by atoms with Crippen molar-refractivity contribution >= 4 is 0 Å². The molecular weight excluding hydrogens is 238 g/mol. The van der Waals surface area contributed by atoms with E-state index in [1.54, 1.807) is 0 Å². The van der Waals surface area contributed by atoms with Crippen LogP contribution in [0, 0.1) is 5.92 Å². The average molecular weight is 267 g/mol. The molecule has 19 heavy (non-hydrogen) atoms. The molecule has 2 unspecified atom stereocenters. The normalized spacial score (nSPS) is 35.8. The molecule has 4 nitrogen and oxygen atoms in total. The molecule has 3 fully saturated rings. The number of ether oxygens (including phenoxy) is 1. The van der Waals surface area contributed by atoms with E-state index in [1.807, 2.05) is 0 Å². The van der Waals surface area contributed by atoms with Crippen molar-refractivity contribution in [3.05, 3.63) is 0 Å². The smallest absolute Gasteiger partial charge is 0.0636 e. The van der Waals surface area contributed by atoms with Crippen molar-refractivity contribution in [3.63, 3.8) is 0 Å². The third-order valence-electron chi connectivity index (χ3n) is 5.21. The summed E-state index contributed by atoms with van der Waals surface area (Å²) in [6.07, 6.45) is 6.54. The Morgan fingerprint density at radius 2 is 1.74 bits per heavy atom. The lowest BCUT2D eigenvalue weighted by Crippen LogP contribution is -2.55. The minimum Gasteiger partial charge on any atom is -0.380 e. The second-order valence-corrected chi connectivity index (χ2v) is 6.58. The van der Waals surface area contributed by atoms with Crippen LogP contribution in [0.3, 0.4) is 0 Å². The van der Waals surface area contributed by atoms with Crippen molar-refractivity contribution in [2.75, 3.05) is 45.9 Å². The minimum absolute atomic E-state index is 0.323. The van der Waals surface area contributed by atoms with Gasteiger partial charge in [-0.2, -0.15) is 0 Å². The van der Waals surface area contributed by atoms with Gasteiger partial charge in [-0.3, -0.25) is 4.90 Å². The molecule has 0 amide bonds. The topological polar surface area (TPSA) is 41.7 Å². The number of hydrogen-bond acceptors (Lipinski definition) is 4. The van der Waals surface area contributed by atoms with Gasteiger partial charge in [-0.05, 0) is 64.2 Å². The summed E-state index contributed by atoms with van der Waals surface area (Å²) in [7, 11) is 0. The molecule has 0 bridgehead atoms. The fraction of sp³-hybridized carbons (Fsp3) is 1.00. The van der Waals surface area contributed by atoms with Crippen LogP contribution >= 0.6 is 0 Å². The van der Waals surface area contributed by atoms with Gasteiger partial charge in [0.2, 0.25) is 0 Å². The van der Waals surface area contributed by atoms with Crippen LogP contribution in [-0.4, -0.2) is 67.8 Å². The van der Waals surface area contributed by atoms with Crippen LogP contribution in [0.5, 0.6) is 0 Å². The average Bonchev–Trinajstić information content (AvgIpc) is 2.93. The molecule has 3 rings (SSSR count). The van der Waals surface area contributed by atoms with Crippen molar-refractivity contribution in [2.24, 2.45) is 11.7 Å². The molecular formula is C15H29N3O. The van der Waals surface area contributed by atoms with Crippen molar-refractivity contribution in [1.29, 1.82) is 0 Å². The van der Waals surface area contributed by atoms with E-state index in [2.05, 4.69) is 9.80 Å². The molecule has 3 aliphatic heterocycles. The maximum absolute atomic E-state index is 6.25. The Labute approximate surface area is 117 Å². The summed E-state index contributed by atoms with van der Waals surface area (Å²) in [5.74, 6) is 0.912. The molecule has 0 saturated carbocycles. The Bertz CT molecular complexity index is 273. The predicted octanol–water partition coefficient (Wildman–Crippen LogP) is 0.910. The molecule has 3 heterocycles. The van der Waals surface area contributed by atoms with Gasteiger partial charge >= 0.3 is 0 Å². The van der Waals surface area contributed by atoms with E-state index in [4.69, 9.17) is 10.5 Å². The van der Waals surface area contributed by atoms with Crippen molar-refractivity contribution in [3.8, 4) is 0 Å². The monoisotopic (exact) mass is 267 g/mol. The molecule has 2 atom stereocenters. The molecule has 3 aliphatic rings. The van der Waals surface area contributed by atoms with Crippen LogP contribution < -0.4 is 5.73 Å². The van der Waals surface area contributed by atoms with E-state index in [-0.39, 0.29) is 0 Å². The molecule has 110 valence electrons. The van der Waals surface area contributed by atoms with E-state index in [9.17, 15) is 0 Å². The summed E-state index contributed by atoms with van der Waals surface area (Å²) in [6, 6.07) is 0.797. The zero-order chi connectivity index (χ0) is 13.1. The molecule has 0 aromatic carbocycles. The first kappa shape index (κ1) is 13.8. The number of nitrogens with zero attached hydrogens (tertiary/aromatic N) is 2. The van der Waals surface area contributed by atoms with Crippen molar-refractivity contribution < 1.29 is 4.74 Å². The number of likely N-dealkylation sites (tertiary alicyclic amines) is 2.